The van der Waals surface area contributed by atoms with Crippen LogP contribution in [0.5, 0.6) is 0 Å². The molecule has 0 aromatic carbocycles. The van der Waals surface area contributed by atoms with Gasteiger partial charge < -0.3 is 0 Å². The van der Waals surface area contributed by atoms with E-state index in [2.05, 4.69) is 18.9 Å². The zero-order chi connectivity index (χ0) is 2.71. The van der Waals surface area contributed by atoms with Gasteiger partial charge in [-0.2, -0.15) is 0 Å². The van der Waals surface area contributed by atoms with Gasteiger partial charge in [-0.3, -0.25) is 0 Å². The van der Waals surface area contributed by atoms with E-state index in [9.17, 15) is 0 Å². The van der Waals surface area contributed by atoms with Crippen molar-refractivity contribution in [2.45, 2.75) is 0 Å². The largest absolute Gasteiger partial charge is 0.137 e. The molecule has 0 rings (SSSR count). The van der Waals surface area contributed by atoms with Crippen molar-refractivity contribution in [1.82, 2.24) is 0 Å². The summed E-state index contributed by atoms with van der Waals surface area (Å²) in [5.41, 5.74) is 2.25. The molecule has 0 aliphatic rings. The Balaban J connectivity index is 0. The van der Waals surface area contributed by atoms with E-state index in [4.69, 9.17) is 0 Å². The Hall–Kier alpha value is 0.117. The van der Waals surface area contributed by atoms with E-state index in [0.29, 0.717) is 0 Å². The molecule has 4 heavy (non-hydrogen) atoms. The maximum atomic E-state index is 3.12. The van der Waals surface area contributed by atoms with Gasteiger partial charge in [0.2, 0.25) is 0 Å². The van der Waals surface area contributed by atoms with Crippen molar-refractivity contribution in [1.29, 1.82) is 0 Å². The third-order valence-corrected chi connectivity index (χ3v) is 0. The van der Waals surface area contributed by atoms with Gasteiger partial charge in [0.15, 0.2) is 0 Å². The van der Waals surface area contributed by atoms with E-state index in [1.54, 1.807) is 0 Å². The maximum absolute atomic E-state index is 3.12. The maximum Gasteiger partial charge on any atom is 0 e. The van der Waals surface area contributed by atoms with Gasteiger partial charge in [0.1, 0.15) is 0 Å². The Morgan fingerprint density at radius 1 is 1.25 bits per heavy atom. The van der Waals surface area contributed by atoms with Crippen molar-refractivity contribution in [3.63, 3.8) is 0 Å². The molecule has 0 aliphatic carbocycles. The van der Waals surface area contributed by atoms with Gasteiger partial charge in [-0.05, 0) is 0 Å². The fourth-order valence-electron chi connectivity index (χ4n) is 0. The molecule has 0 fully saturated rings. The van der Waals surface area contributed by atoms with E-state index in [1.807, 2.05) is 0 Å². The van der Waals surface area contributed by atoms with Gasteiger partial charge in [-0.25, -0.2) is 0 Å². The first-order chi connectivity index (χ1) is 1.41. The molecular formula is C3H4Li. The second kappa shape index (κ2) is 11.2. The minimum atomic E-state index is 0. The van der Waals surface area contributed by atoms with E-state index in [1.165, 1.54) is 0 Å². The average molecular weight is 47.0 g/mol. The second-order valence-electron chi connectivity index (χ2n) is 0.250. The van der Waals surface area contributed by atoms with E-state index in [-0.39, 0.29) is 18.9 Å². The molecule has 1 radical (unpaired) electrons. The molecule has 0 saturated carbocycles. The van der Waals surface area contributed by atoms with Crippen LogP contribution in [-0.4, -0.2) is 18.9 Å². The number of hydrogen-bond donors (Lipinski definition) is 0. The van der Waals surface area contributed by atoms with E-state index < -0.39 is 0 Å². The third-order valence-electron chi connectivity index (χ3n) is 0. The topological polar surface area (TPSA) is 0 Å². The van der Waals surface area contributed by atoms with Crippen molar-refractivity contribution < 1.29 is 0 Å². The predicted octanol–water partition coefficient (Wildman–Crippen LogP) is 0.576. The first-order valence-corrected chi connectivity index (χ1v) is 0.707. The molecule has 0 N–H and O–H groups in total. The van der Waals surface area contributed by atoms with Crippen LogP contribution in [-0.2, 0) is 0 Å². The van der Waals surface area contributed by atoms with E-state index in [0.717, 1.165) is 0 Å². The van der Waals surface area contributed by atoms with Crippen molar-refractivity contribution in [3.8, 4) is 0 Å². The predicted molar refractivity (Wildman–Crippen MR) is 20.5 cm³/mol. The van der Waals surface area contributed by atoms with Crippen LogP contribution in [0.4, 0.5) is 0 Å². The monoisotopic (exact) mass is 47.0 g/mol. The van der Waals surface area contributed by atoms with Gasteiger partial charge >= 0.3 is 0 Å². The fraction of sp³-hybridized carbons (Fsp3) is 0. The summed E-state index contributed by atoms with van der Waals surface area (Å²) in [6.45, 7) is 6.25. The van der Waals surface area contributed by atoms with Crippen molar-refractivity contribution in [3.05, 3.63) is 18.9 Å². The number of rotatable bonds is 0. The quantitative estimate of drug-likeness (QED) is 0.277. The van der Waals surface area contributed by atoms with Gasteiger partial charge in [-0.15, -0.1) is 5.73 Å². The molecule has 17 valence electrons. The molecule has 0 bridgehead atoms. The van der Waals surface area contributed by atoms with Crippen LogP contribution in [0.25, 0.3) is 0 Å². The summed E-state index contributed by atoms with van der Waals surface area (Å²) in [6.07, 6.45) is 0. The smallest absolute Gasteiger partial charge is 0 e. The Morgan fingerprint density at radius 3 is 1.25 bits per heavy atom. The van der Waals surface area contributed by atoms with Gasteiger partial charge in [-0.1, -0.05) is 13.2 Å². The molecule has 0 spiro atoms. The summed E-state index contributed by atoms with van der Waals surface area (Å²) in [7, 11) is 0. The molecule has 0 aliphatic heterocycles. The van der Waals surface area contributed by atoms with Crippen LogP contribution in [0.15, 0.2) is 18.9 Å². The molecule has 0 nitrogen and oxygen atoms in total. The van der Waals surface area contributed by atoms with Crippen LogP contribution >= 0.6 is 0 Å². The van der Waals surface area contributed by atoms with Crippen LogP contribution in [0.1, 0.15) is 0 Å². The van der Waals surface area contributed by atoms with Crippen molar-refractivity contribution in [2.24, 2.45) is 0 Å². The molecule has 1 heteroatoms. The minimum Gasteiger partial charge on any atom is -0.137 e. The molecule has 0 amide bonds. The summed E-state index contributed by atoms with van der Waals surface area (Å²) in [4.78, 5) is 0. The van der Waals surface area contributed by atoms with Crippen molar-refractivity contribution in [2.75, 3.05) is 0 Å². The standard InChI is InChI=1S/C3H4.Li/c1-3-2;/h1-2H2;. The summed E-state index contributed by atoms with van der Waals surface area (Å²) < 4.78 is 0. The van der Waals surface area contributed by atoms with Crippen LogP contribution in [0.2, 0.25) is 0 Å². The molecule has 0 aromatic rings. The van der Waals surface area contributed by atoms with Crippen LogP contribution < -0.4 is 0 Å². The molecule has 0 atom stereocenters. The molecular weight excluding hydrogens is 43.0 g/mol. The first-order valence-electron chi connectivity index (χ1n) is 0.707. The Labute approximate surface area is 38.4 Å². The molecule has 0 saturated heterocycles. The Kier molecular flexibility index (Phi) is 25.0. The van der Waals surface area contributed by atoms with Gasteiger partial charge in [0.05, 0.1) is 0 Å². The second-order valence-corrected chi connectivity index (χ2v) is 0.250. The third kappa shape index (κ3) is 192. The average Bonchev–Trinajstić information content (AvgIpc) is 0.918. The SMILES string of the molecule is C=C=C.[Li]. The van der Waals surface area contributed by atoms with Crippen LogP contribution in [0, 0.1) is 0 Å². The molecule has 0 unspecified atom stereocenters. The Bertz CT molecular complexity index is 24.3. The summed E-state index contributed by atoms with van der Waals surface area (Å²) >= 11 is 0. The summed E-state index contributed by atoms with van der Waals surface area (Å²) in [5, 5.41) is 0. The number of hydrogen-bond acceptors (Lipinski definition) is 0. The first kappa shape index (κ1) is 8.92. The zero-order valence-corrected chi connectivity index (χ0v) is 2.91. The molecule has 0 aromatic heterocycles. The fourth-order valence-corrected chi connectivity index (χ4v) is 0. The minimum absolute atomic E-state index is 0. The summed E-state index contributed by atoms with van der Waals surface area (Å²) in [5.74, 6) is 0. The molecule has 0 heterocycles. The zero-order valence-electron chi connectivity index (χ0n) is 2.91. The normalized spacial score (nSPS) is 2.00. The van der Waals surface area contributed by atoms with Gasteiger partial charge in [0, 0.05) is 18.9 Å². The Morgan fingerprint density at radius 2 is 1.25 bits per heavy atom. The summed E-state index contributed by atoms with van der Waals surface area (Å²) in [6, 6.07) is 0. The van der Waals surface area contributed by atoms with Gasteiger partial charge in [0.25, 0.3) is 0 Å². The van der Waals surface area contributed by atoms with Crippen molar-refractivity contribution >= 4 is 18.9 Å². The van der Waals surface area contributed by atoms with E-state index >= 15 is 0 Å². The van der Waals surface area contributed by atoms with Crippen LogP contribution in [0.3, 0.4) is 0 Å².